The molecule has 0 aromatic rings. The average Bonchev–Trinajstić information content (AvgIpc) is 1.81. The van der Waals surface area contributed by atoms with Crippen molar-refractivity contribution in [2.45, 2.75) is 40.7 Å². The quantitative estimate of drug-likeness (QED) is 0.703. The van der Waals surface area contributed by atoms with E-state index in [0.717, 1.165) is 6.54 Å². The van der Waals surface area contributed by atoms with Gasteiger partial charge in [0.1, 0.15) is 0 Å². The SMILES string of the molecule is CC(C)NC(=O)N(C)CC(C)(C)C. The van der Waals surface area contributed by atoms with Gasteiger partial charge in [0.25, 0.3) is 0 Å². The van der Waals surface area contributed by atoms with Gasteiger partial charge >= 0.3 is 6.03 Å². The van der Waals surface area contributed by atoms with Gasteiger partial charge in [-0.15, -0.1) is 0 Å². The van der Waals surface area contributed by atoms with Crippen LogP contribution in [0.25, 0.3) is 0 Å². The highest BCUT2D eigenvalue weighted by Crippen LogP contribution is 2.13. The van der Waals surface area contributed by atoms with Gasteiger partial charge in [-0.3, -0.25) is 0 Å². The topological polar surface area (TPSA) is 32.3 Å². The lowest BCUT2D eigenvalue weighted by atomic mass is 9.96. The van der Waals surface area contributed by atoms with Crippen LogP contribution in [-0.4, -0.2) is 30.6 Å². The van der Waals surface area contributed by atoms with Crippen molar-refractivity contribution in [2.75, 3.05) is 13.6 Å². The molecule has 3 heteroatoms. The zero-order valence-corrected chi connectivity index (χ0v) is 9.64. The third-order valence-corrected chi connectivity index (χ3v) is 1.47. The second kappa shape index (κ2) is 4.49. The molecule has 0 aliphatic rings. The molecule has 0 spiro atoms. The largest absolute Gasteiger partial charge is 0.336 e. The van der Waals surface area contributed by atoms with Crippen molar-refractivity contribution in [1.29, 1.82) is 0 Å². The second-order valence-electron chi connectivity index (χ2n) is 5.02. The summed E-state index contributed by atoms with van der Waals surface area (Å²) in [4.78, 5) is 13.2. The number of nitrogens with zero attached hydrogens (tertiary/aromatic N) is 1. The Hall–Kier alpha value is -0.730. The lowest BCUT2D eigenvalue weighted by Gasteiger charge is -2.27. The minimum atomic E-state index is 0.00456. The predicted molar refractivity (Wildman–Crippen MR) is 55.8 cm³/mol. The Balaban J connectivity index is 3.97. The summed E-state index contributed by atoms with van der Waals surface area (Å²) in [6.07, 6.45) is 0. The molecule has 1 N–H and O–H groups in total. The summed E-state index contributed by atoms with van der Waals surface area (Å²) < 4.78 is 0. The maximum atomic E-state index is 11.4. The summed E-state index contributed by atoms with van der Waals surface area (Å²) >= 11 is 0. The molecule has 0 bridgehead atoms. The van der Waals surface area contributed by atoms with E-state index in [9.17, 15) is 4.79 Å². The fraction of sp³-hybridized carbons (Fsp3) is 0.900. The van der Waals surface area contributed by atoms with Gasteiger partial charge in [-0.25, -0.2) is 4.79 Å². The van der Waals surface area contributed by atoms with Crippen molar-refractivity contribution >= 4 is 6.03 Å². The second-order valence-corrected chi connectivity index (χ2v) is 5.02. The zero-order chi connectivity index (χ0) is 10.6. The first-order chi connectivity index (χ1) is 5.72. The minimum Gasteiger partial charge on any atom is -0.336 e. The van der Waals surface area contributed by atoms with Crippen LogP contribution in [0, 0.1) is 5.41 Å². The van der Waals surface area contributed by atoms with Gasteiger partial charge in [0.15, 0.2) is 0 Å². The predicted octanol–water partition coefficient (Wildman–Crippen LogP) is 2.08. The van der Waals surface area contributed by atoms with E-state index < -0.39 is 0 Å². The third-order valence-electron chi connectivity index (χ3n) is 1.47. The molecule has 0 radical (unpaired) electrons. The van der Waals surface area contributed by atoms with Crippen LogP contribution >= 0.6 is 0 Å². The lowest BCUT2D eigenvalue weighted by Crippen LogP contribution is -2.43. The van der Waals surface area contributed by atoms with Crippen LogP contribution in [0.2, 0.25) is 0 Å². The molecule has 0 unspecified atom stereocenters. The Morgan fingerprint density at radius 1 is 1.38 bits per heavy atom. The van der Waals surface area contributed by atoms with Crippen molar-refractivity contribution in [1.82, 2.24) is 10.2 Å². The highest BCUT2D eigenvalue weighted by Gasteiger charge is 2.17. The molecule has 0 aromatic heterocycles. The van der Waals surface area contributed by atoms with Gasteiger partial charge in [0.2, 0.25) is 0 Å². The number of rotatable bonds is 2. The standard InChI is InChI=1S/C10H22N2O/c1-8(2)11-9(13)12(6)7-10(3,4)5/h8H,7H2,1-6H3,(H,11,13). The van der Waals surface area contributed by atoms with E-state index in [1.54, 1.807) is 4.90 Å². The molecule has 0 saturated carbocycles. The molecule has 0 heterocycles. The van der Waals surface area contributed by atoms with Crippen LogP contribution in [-0.2, 0) is 0 Å². The van der Waals surface area contributed by atoms with E-state index in [-0.39, 0.29) is 17.5 Å². The number of carbonyl (C=O) groups excluding carboxylic acids is 1. The van der Waals surface area contributed by atoms with Crippen LogP contribution in [0.3, 0.4) is 0 Å². The first kappa shape index (κ1) is 12.3. The summed E-state index contributed by atoms with van der Waals surface area (Å²) in [5.41, 5.74) is 0.156. The van der Waals surface area contributed by atoms with E-state index in [0.29, 0.717) is 0 Å². The molecule has 0 saturated heterocycles. The van der Waals surface area contributed by atoms with E-state index in [2.05, 4.69) is 26.1 Å². The third kappa shape index (κ3) is 6.43. The van der Waals surface area contributed by atoms with Crippen LogP contribution in [0.1, 0.15) is 34.6 Å². The van der Waals surface area contributed by atoms with Crippen molar-refractivity contribution in [3.63, 3.8) is 0 Å². The molecule has 0 aliphatic carbocycles. The van der Waals surface area contributed by atoms with Gasteiger partial charge in [0, 0.05) is 19.6 Å². The van der Waals surface area contributed by atoms with Crippen LogP contribution in [0.15, 0.2) is 0 Å². The minimum absolute atomic E-state index is 0.00456. The number of urea groups is 1. The van der Waals surface area contributed by atoms with E-state index >= 15 is 0 Å². The normalized spacial score (nSPS) is 11.6. The fourth-order valence-corrected chi connectivity index (χ4v) is 1.14. The summed E-state index contributed by atoms with van der Waals surface area (Å²) in [7, 11) is 1.82. The highest BCUT2D eigenvalue weighted by atomic mass is 16.2. The Bertz CT molecular complexity index is 170. The molecule has 3 nitrogen and oxygen atoms in total. The summed E-state index contributed by atoms with van der Waals surface area (Å²) in [6.45, 7) is 11.0. The Morgan fingerprint density at radius 3 is 2.15 bits per heavy atom. The first-order valence-electron chi connectivity index (χ1n) is 4.74. The van der Waals surface area contributed by atoms with Crippen LogP contribution < -0.4 is 5.32 Å². The van der Waals surface area contributed by atoms with Gasteiger partial charge in [0.05, 0.1) is 0 Å². The van der Waals surface area contributed by atoms with Gasteiger partial charge in [-0.2, -0.15) is 0 Å². The Labute approximate surface area is 81.5 Å². The van der Waals surface area contributed by atoms with Crippen molar-refractivity contribution in [2.24, 2.45) is 5.41 Å². The van der Waals surface area contributed by atoms with Crippen LogP contribution in [0.5, 0.6) is 0 Å². The smallest absolute Gasteiger partial charge is 0.317 e. The van der Waals surface area contributed by atoms with E-state index in [4.69, 9.17) is 0 Å². The molecule has 13 heavy (non-hydrogen) atoms. The summed E-state index contributed by atoms with van der Waals surface area (Å²) in [5.74, 6) is 0. The number of amides is 2. The number of carbonyl (C=O) groups is 1. The molecule has 78 valence electrons. The highest BCUT2D eigenvalue weighted by molar-refractivity contribution is 5.74. The molecular formula is C10H22N2O. The maximum absolute atomic E-state index is 11.4. The molecular weight excluding hydrogens is 164 g/mol. The lowest BCUT2D eigenvalue weighted by molar-refractivity contribution is 0.186. The molecule has 0 aliphatic heterocycles. The molecule has 0 fully saturated rings. The zero-order valence-electron chi connectivity index (χ0n) is 9.64. The van der Waals surface area contributed by atoms with Crippen molar-refractivity contribution in [3.05, 3.63) is 0 Å². The van der Waals surface area contributed by atoms with Crippen LogP contribution in [0.4, 0.5) is 4.79 Å². The van der Waals surface area contributed by atoms with Gasteiger partial charge in [-0.05, 0) is 19.3 Å². The fourth-order valence-electron chi connectivity index (χ4n) is 1.14. The van der Waals surface area contributed by atoms with Gasteiger partial charge < -0.3 is 10.2 Å². The first-order valence-corrected chi connectivity index (χ1v) is 4.74. The molecule has 0 aromatic carbocycles. The number of nitrogens with one attached hydrogen (secondary N) is 1. The van der Waals surface area contributed by atoms with E-state index in [1.807, 2.05) is 20.9 Å². The molecule has 0 atom stereocenters. The number of hydrogen-bond donors (Lipinski definition) is 1. The molecule has 2 amide bonds. The maximum Gasteiger partial charge on any atom is 0.317 e. The summed E-state index contributed by atoms with van der Waals surface area (Å²) in [6, 6.07) is 0.208. The van der Waals surface area contributed by atoms with Crippen molar-refractivity contribution < 1.29 is 4.79 Å². The Morgan fingerprint density at radius 2 is 1.85 bits per heavy atom. The van der Waals surface area contributed by atoms with Gasteiger partial charge in [-0.1, -0.05) is 20.8 Å². The number of hydrogen-bond acceptors (Lipinski definition) is 1. The monoisotopic (exact) mass is 186 g/mol. The average molecular weight is 186 g/mol. The molecule has 0 rings (SSSR count). The Kier molecular flexibility index (Phi) is 4.24. The van der Waals surface area contributed by atoms with E-state index in [1.165, 1.54) is 0 Å². The summed E-state index contributed by atoms with van der Waals surface area (Å²) in [5, 5.41) is 2.85. The van der Waals surface area contributed by atoms with Crippen molar-refractivity contribution in [3.8, 4) is 0 Å².